The Morgan fingerprint density at radius 2 is 0.950 bits per heavy atom. The first-order chi connectivity index (χ1) is 47.6. The van der Waals surface area contributed by atoms with E-state index in [0.29, 0.717) is 74.0 Å². The lowest BCUT2D eigenvalue weighted by molar-refractivity contribution is -0.134. The fraction of sp³-hybridized carbons (Fsp3) is 0.667. The van der Waals surface area contributed by atoms with Gasteiger partial charge in [0.05, 0.1) is 36.5 Å². The fourth-order valence-corrected chi connectivity index (χ4v) is 14.3. The first-order valence-electron chi connectivity index (χ1n) is 35.1. The number of nitrogens with zero attached hydrogens (tertiary/aromatic N) is 14. The topological polar surface area (TPSA) is 267 Å². The zero-order chi connectivity index (χ0) is 73.4. The van der Waals surface area contributed by atoms with E-state index in [1.807, 2.05) is 41.5 Å². The van der Waals surface area contributed by atoms with Gasteiger partial charge in [-0.05, 0) is 155 Å². The number of carboxylic acids is 2. The summed E-state index contributed by atoms with van der Waals surface area (Å²) >= 11 is 0. The summed E-state index contributed by atoms with van der Waals surface area (Å²) in [5.41, 5.74) is 0.681. The van der Waals surface area contributed by atoms with Crippen LogP contribution in [0.5, 0.6) is 23.3 Å². The summed E-state index contributed by atoms with van der Waals surface area (Å²) in [5, 5.41) is 32.1. The summed E-state index contributed by atoms with van der Waals surface area (Å²) < 4.78 is 62.6. The lowest BCUT2D eigenvalue weighted by Gasteiger charge is -2.53. The molecule has 0 unspecified atom stereocenters. The van der Waals surface area contributed by atoms with E-state index >= 15 is 0 Å². The van der Waals surface area contributed by atoms with Gasteiger partial charge in [0.25, 0.3) is 23.6 Å². The number of methoxy groups -OCH3 is 4. The third kappa shape index (κ3) is 23.2. The van der Waals surface area contributed by atoms with Crippen molar-refractivity contribution in [2.45, 2.75) is 144 Å². The third-order valence-electron chi connectivity index (χ3n) is 19.3. The number of anilines is 2. The maximum atomic E-state index is 14.3. The van der Waals surface area contributed by atoms with Crippen molar-refractivity contribution in [3.63, 3.8) is 0 Å². The number of amides is 2. The second kappa shape index (κ2) is 39.3. The number of carboxylic acid groups (broad SMARTS) is 2. The first-order valence-corrected chi connectivity index (χ1v) is 35.1. The van der Waals surface area contributed by atoms with E-state index in [9.17, 15) is 28.0 Å². The zero-order valence-electron chi connectivity index (χ0n) is 61.9. The number of hydrogen-bond donors (Lipinski definition) is 2. The normalized spacial score (nSPS) is 17.0. The maximum Gasteiger partial charge on any atom is 0.328 e. The molecule has 2 amide bonds. The van der Waals surface area contributed by atoms with Crippen LogP contribution in [0.3, 0.4) is 0 Å². The SMILES string of the molecule is CCN(C(=O)c1cc(F)ccc1Oc1nncnc1N1CCC2(C1)CN([C@H](CCCN(C)C[C@H](COC)OC)C(C)C)C2)C(C)C.CCN(C(=O)c1cc(F)ccc1Oc1nncnc1N1CCC2(C1)CN([C@H](CCCN(C)C[C@H](COC)OC)C(C)C)C2)C(C)C.O=C(O)/C=C/C(=O)O. The number of carbonyl (C=O) groups excluding carboxylic acids is 2. The number of halogens is 2. The number of benzene rings is 2. The Morgan fingerprint density at radius 1 is 0.580 bits per heavy atom. The van der Waals surface area contributed by atoms with Gasteiger partial charge in [-0.25, -0.2) is 28.3 Å². The molecule has 8 rings (SSSR count). The van der Waals surface area contributed by atoms with Gasteiger partial charge in [-0.3, -0.25) is 19.4 Å². The average molecular weight is 1400 g/mol. The number of likely N-dealkylation sites (N-methyl/N-ethyl adjacent to an activating group) is 2. The number of hydrogen-bond acceptors (Lipinski definition) is 22. The second-order valence-electron chi connectivity index (χ2n) is 28.3. The predicted molar refractivity (Wildman–Crippen MR) is 378 cm³/mol. The number of likely N-dealkylation sites (tertiary alicyclic amines) is 2. The van der Waals surface area contributed by atoms with Gasteiger partial charge < -0.3 is 68.0 Å². The van der Waals surface area contributed by atoms with Crippen molar-refractivity contribution in [3.8, 4) is 23.3 Å². The highest BCUT2D eigenvalue weighted by Crippen LogP contribution is 2.47. The van der Waals surface area contributed by atoms with Crippen molar-refractivity contribution < 1.29 is 66.6 Å². The van der Waals surface area contributed by atoms with Crippen LogP contribution in [-0.4, -0.2) is 277 Å². The van der Waals surface area contributed by atoms with Gasteiger partial charge in [0.2, 0.25) is 0 Å². The fourth-order valence-electron chi connectivity index (χ4n) is 14.3. The molecule has 0 aliphatic carbocycles. The summed E-state index contributed by atoms with van der Waals surface area (Å²) in [6.07, 6.45) is 10.8. The van der Waals surface area contributed by atoms with Crippen molar-refractivity contribution in [1.82, 2.24) is 59.8 Å². The van der Waals surface area contributed by atoms with Crippen LogP contribution in [0.4, 0.5) is 20.4 Å². The number of carbonyl (C=O) groups is 4. The van der Waals surface area contributed by atoms with Crippen molar-refractivity contribution in [2.24, 2.45) is 22.7 Å². The van der Waals surface area contributed by atoms with Crippen molar-refractivity contribution in [3.05, 3.63) is 84.0 Å². The molecule has 4 atom stereocenters. The van der Waals surface area contributed by atoms with E-state index in [-0.39, 0.29) is 81.3 Å². The van der Waals surface area contributed by atoms with E-state index in [2.05, 4.69) is 102 Å². The Labute approximate surface area is 590 Å². The summed E-state index contributed by atoms with van der Waals surface area (Å²) in [5.74, 6) is -0.880. The van der Waals surface area contributed by atoms with Gasteiger partial charge in [-0.1, -0.05) is 27.7 Å². The van der Waals surface area contributed by atoms with Crippen LogP contribution >= 0.6 is 0 Å². The standard InChI is InChI=1S/2C34H54FN7O4.C4H4O4/c2*1-9-42(25(4)5)33(43)28-17-26(35)12-13-30(28)46-32-31(36-23-37-38-32)40-16-14-34(20-40)21-41(22-34)29(24(2)3)11-10-15-39(6)18-27(45-8)19-44-7;5-3(6)1-2-4(7)8/h2*12-13,17,23-25,27,29H,9-11,14-16,18-22H2,1-8H3;1-2H,(H,5,6)(H,7,8)/b;;2-1+/t2*27-,29-;/m11./s1. The molecule has 0 saturated carbocycles. The second-order valence-corrected chi connectivity index (χ2v) is 28.3. The molecular formula is C72H112F2N14O12. The summed E-state index contributed by atoms with van der Waals surface area (Å²) in [6.45, 7) is 34.3. The predicted octanol–water partition coefficient (Wildman–Crippen LogP) is 8.88. The molecule has 2 aromatic heterocycles. The molecule has 4 aliphatic heterocycles. The van der Waals surface area contributed by atoms with Crippen LogP contribution in [0.15, 0.2) is 61.2 Å². The van der Waals surface area contributed by atoms with E-state index in [1.54, 1.807) is 38.2 Å². The molecule has 4 aliphatic rings. The molecule has 4 fully saturated rings. The molecule has 556 valence electrons. The molecule has 100 heavy (non-hydrogen) atoms. The Hall–Kier alpha value is -7.18. The maximum absolute atomic E-state index is 14.3. The van der Waals surface area contributed by atoms with E-state index in [4.69, 9.17) is 38.6 Å². The summed E-state index contributed by atoms with van der Waals surface area (Å²) in [4.78, 5) is 72.7. The molecule has 2 spiro atoms. The molecule has 4 saturated heterocycles. The van der Waals surface area contributed by atoms with Gasteiger partial charge in [0, 0.05) is 154 Å². The number of ether oxygens (including phenoxy) is 6. The number of aromatic nitrogens is 6. The van der Waals surface area contributed by atoms with Crippen LogP contribution in [0, 0.1) is 34.3 Å². The van der Waals surface area contributed by atoms with Gasteiger partial charge in [-0.2, -0.15) is 0 Å². The van der Waals surface area contributed by atoms with E-state index < -0.39 is 23.6 Å². The zero-order valence-corrected chi connectivity index (χ0v) is 61.9. The van der Waals surface area contributed by atoms with Crippen molar-refractivity contribution in [2.75, 3.05) is 157 Å². The quantitative estimate of drug-likeness (QED) is 0.0402. The molecule has 4 aromatic rings. The first kappa shape index (κ1) is 81.8. The lowest BCUT2D eigenvalue weighted by Crippen LogP contribution is -2.62. The Balaban J connectivity index is 0.000000284. The van der Waals surface area contributed by atoms with Gasteiger partial charge in [-0.15, -0.1) is 20.4 Å². The Kier molecular flexibility index (Phi) is 32.1. The van der Waals surface area contributed by atoms with Crippen LogP contribution < -0.4 is 19.3 Å². The monoisotopic (exact) mass is 1400 g/mol. The molecule has 6 heterocycles. The average Bonchev–Trinajstić information content (AvgIpc) is 1.57. The molecular weight excluding hydrogens is 1290 g/mol. The summed E-state index contributed by atoms with van der Waals surface area (Å²) in [6, 6.07) is 8.95. The highest BCUT2D eigenvalue weighted by atomic mass is 19.1. The summed E-state index contributed by atoms with van der Waals surface area (Å²) in [7, 11) is 11.2. The number of aliphatic carboxylic acids is 2. The molecule has 0 radical (unpaired) electrons. The highest BCUT2D eigenvalue weighted by Gasteiger charge is 2.52. The Bertz CT molecular complexity index is 3040. The van der Waals surface area contributed by atoms with Gasteiger partial charge in [0.1, 0.15) is 35.8 Å². The molecule has 2 aromatic carbocycles. The van der Waals surface area contributed by atoms with Crippen molar-refractivity contribution in [1.29, 1.82) is 0 Å². The van der Waals surface area contributed by atoms with Crippen LogP contribution in [0.1, 0.15) is 128 Å². The van der Waals surface area contributed by atoms with Gasteiger partial charge >= 0.3 is 11.9 Å². The van der Waals surface area contributed by atoms with Crippen LogP contribution in [0.2, 0.25) is 0 Å². The van der Waals surface area contributed by atoms with E-state index in [0.717, 1.165) is 117 Å². The minimum atomic E-state index is -1.26. The smallest absolute Gasteiger partial charge is 0.328 e. The van der Waals surface area contributed by atoms with E-state index in [1.165, 1.54) is 49.1 Å². The minimum Gasteiger partial charge on any atom is -0.478 e. The van der Waals surface area contributed by atoms with Crippen LogP contribution in [0.25, 0.3) is 0 Å². The highest BCUT2D eigenvalue weighted by molar-refractivity contribution is 5.98. The molecule has 26 nitrogen and oxygen atoms in total. The molecule has 0 bridgehead atoms. The lowest BCUT2D eigenvalue weighted by atomic mass is 9.76. The largest absolute Gasteiger partial charge is 0.478 e. The molecule has 28 heteroatoms. The molecule has 2 N–H and O–H groups in total. The number of rotatable bonds is 36. The minimum absolute atomic E-state index is 0.0448. The Morgan fingerprint density at radius 3 is 1.26 bits per heavy atom. The van der Waals surface area contributed by atoms with Gasteiger partial charge in [0.15, 0.2) is 11.6 Å². The van der Waals surface area contributed by atoms with Crippen LogP contribution in [-0.2, 0) is 28.5 Å². The third-order valence-corrected chi connectivity index (χ3v) is 19.3. The van der Waals surface area contributed by atoms with Crippen molar-refractivity contribution >= 4 is 35.4 Å².